The number of para-hydroxylation sites is 1. The van der Waals surface area contributed by atoms with Gasteiger partial charge in [0.25, 0.3) is 5.91 Å². The van der Waals surface area contributed by atoms with E-state index in [9.17, 15) is 14.0 Å². The van der Waals surface area contributed by atoms with E-state index < -0.39 is 11.7 Å². The van der Waals surface area contributed by atoms with E-state index in [0.717, 1.165) is 30.0 Å². The van der Waals surface area contributed by atoms with Crippen molar-refractivity contribution in [3.05, 3.63) is 69.9 Å². The third-order valence-electron chi connectivity index (χ3n) is 5.50. The first kappa shape index (κ1) is 21.9. The van der Waals surface area contributed by atoms with Crippen LogP contribution in [0.4, 0.5) is 20.6 Å². The maximum absolute atomic E-state index is 13.8. The number of hydrogen-bond donors (Lipinski definition) is 2. The van der Waals surface area contributed by atoms with Crippen LogP contribution in [0.5, 0.6) is 0 Å². The molecule has 1 fully saturated rings. The number of halogens is 1. The van der Waals surface area contributed by atoms with E-state index in [1.807, 2.05) is 24.3 Å². The lowest BCUT2D eigenvalue weighted by atomic mass is 9.98. The van der Waals surface area contributed by atoms with Gasteiger partial charge in [-0.2, -0.15) is 0 Å². The normalized spacial score (nSPS) is 14.2. The molecular formula is C23H24FN5O2S. The van der Waals surface area contributed by atoms with Crippen LogP contribution in [0.15, 0.2) is 48.5 Å². The molecule has 0 atom stereocenters. The lowest BCUT2D eigenvalue weighted by Crippen LogP contribution is -2.40. The molecule has 166 valence electrons. The first-order chi connectivity index (χ1) is 15.5. The Morgan fingerprint density at radius 2 is 1.78 bits per heavy atom. The summed E-state index contributed by atoms with van der Waals surface area (Å²) in [6.07, 6.45) is 2.44. The van der Waals surface area contributed by atoms with Crippen molar-refractivity contribution in [2.45, 2.75) is 32.1 Å². The fourth-order valence-electron chi connectivity index (χ4n) is 3.59. The zero-order valence-electron chi connectivity index (χ0n) is 17.7. The van der Waals surface area contributed by atoms with Crippen LogP contribution < -0.4 is 10.6 Å². The Kier molecular flexibility index (Phi) is 6.75. The summed E-state index contributed by atoms with van der Waals surface area (Å²) in [7, 11) is 0. The third-order valence-corrected chi connectivity index (χ3v) is 6.59. The minimum Gasteiger partial charge on any atom is -0.324 e. The fraction of sp³-hybridized carbons (Fsp3) is 0.304. The zero-order valence-corrected chi connectivity index (χ0v) is 18.5. The van der Waals surface area contributed by atoms with Gasteiger partial charge in [-0.1, -0.05) is 42.5 Å². The lowest BCUT2D eigenvalue weighted by Gasteiger charge is -2.31. The minimum absolute atomic E-state index is 0.109. The summed E-state index contributed by atoms with van der Waals surface area (Å²) in [5.41, 5.74) is 2.12. The van der Waals surface area contributed by atoms with Gasteiger partial charge in [-0.3, -0.25) is 4.79 Å². The number of aromatic nitrogens is 2. The van der Waals surface area contributed by atoms with Crippen LogP contribution in [0.2, 0.25) is 0 Å². The largest absolute Gasteiger partial charge is 0.324 e. The number of rotatable bonds is 5. The quantitative estimate of drug-likeness (QED) is 0.575. The molecule has 1 aliphatic heterocycles. The highest BCUT2D eigenvalue weighted by Crippen LogP contribution is 2.30. The SMILES string of the molecule is CCc1ccc(NC(=O)N2CCC(c3nnc(C(=O)Nc4ccccc4F)s3)CC2)cc1. The van der Waals surface area contributed by atoms with Crippen molar-refractivity contribution in [3.63, 3.8) is 0 Å². The van der Waals surface area contributed by atoms with E-state index in [-0.39, 0.29) is 22.6 Å². The van der Waals surface area contributed by atoms with Crippen molar-refractivity contribution in [3.8, 4) is 0 Å². The van der Waals surface area contributed by atoms with Crippen LogP contribution in [0.1, 0.15) is 46.1 Å². The summed E-state index contributed by atoms with van der Waals surface area (Å²) in [6.45, 7) is 3.29. The van der Waals surface area contributed by atoms with Gasteiger partial charge in [0, 0.05) is 24.7 Å². The van der Waals surface area contributed by atoms with E-state index in [2.05, 4.69) is 27.8 Å². The predicted molar refractivity (Wildman–Crippen MR) is 123 cm³/mol. The number of benzene rings is 2. The topological polar surface area (TPSA) is 87.2 Å². The van der Waals surface area contributed by atoms with Crippen molar-refractivity contribution in [1.82, 2.24) is 15.1 Å². The molecule has 4 rings (SSSR count). The van der Waals surface area contributed by atoms with Crippen LogP contribution in [0.25, 0.3) is 0 Å². The molecule has 1 aromatic heterocycles. The highest BCUT2D eigenvalue weighted by molar-refractivity contribution is 7.13. The van der Waals surface area contributed by atoms with Gasteiger partial charge in [0.15, 0.2) is 0 Å². The molecule has 0 unspecified atom stereocenters. The number of carbonyl (C=O) groups is 2. The molecule has 1 saturated heterocycles. The van der Waals surface area contributed by atoms with Gasteiger partial charge in [-0.25, -0.2) is 9.18 Å². The van der Waals surface area contributed by atoms with Gasteiger partial charge >= 0.3 is 6.03 Å². The Hall–Kier alpha value is -3.33. The summed E-state index contributed by atoms with van der Waals surface area (Å²) in [4.78, 5) is 26.7. The molecule has 0 spiro atoms. The summed E-state index contributed by atoms with van der Waals surface area (Å²) in [6, 6.07) is 13.7. The summed E-state index contributed by atoms with van der Waals surface area (Å²) < 4.78 is 13.8. The zero-order chi connectivity index (χ0) is 22.5. The van der Waals surface area contributed by atoms with Crippen LogP contribution in [-0.4, -0.2) is 40.1 Å². The van der Waals surface area contributed by atoms with Gasteiger partial charge in [0.05, 0.1) is 5.69 Å². The number of carbonyl (C=O) groups excluding carboxylic acids is 2. The first-order valence-electron chi connectivity index (χ1n) is 10.6. The van der Waals surface area contributed by atoms with E-state index >= 15 is 0 Å². The number of amides is 3. The molecule has 32 heavy (non-hydrogen) atoms. The lowest BCUT2D eigenvalue weighted by molar-refractivity contribution is 0.102. The number of anilines is 2. The molecule has 2 heterocycles. The summed E-state index contributed by atoms with van der Waals surface area (Å²) >= 11 is 1.21. The molecule has 2 N–H and O–H groups in total. The maximum Gasteiger partial charge on any atom is 0.321 e. The Morgan fingerprint density at radius 1 is 1.06 bits per heavy atom. The summed E-state index contributed by atoms with van der Waals surface area (Å²) in [5.74, 6) is -0.849. The maximum atomic E-state index is 13.8. The second kappa shape index (κ2) is 9.86. The molecule has 0 aliphatic carbocycles. The highest BCUT2D eigenvalue weighted by atomic mass is 32.1. The van der Waals surface area contributed by atoms with Crippen LogP contribution >= 0.6 is 11.3 Å². The van der Waals surface area contributed by atoms with E-state index in [1.54, 1.807) is 17.0 Å². The number of urea groups is 1. The van der Waals surface area contributed by atoms with Crippen LogP contribution in [-0.2, 0) is 6.42 Å². The second-order valence-electron chi connectivity index (χ2n) is 7.62. The Balaban J connectivity index is 1.30. The first-order valence-corrected chi connectivity index (χ1v) is 11.4. The van der Waals surface area contributed by atoms with Gasteiger partial charge in [0.1, 0.15) is 10.8 Å². The molecule has 0 radical (unpaired) electrons. The number of nitrogens with one attached hydrogen (secondary N) is 2. The standard InChI is InChI=1S/C23H24FN5O2S/c1-2-15-7-9-17(10-8-15)25-23(31)29-13-11-16(12-14-29)21-27-28-22(32-21)20(30)26-19-6-4-3-5-18(19)24/h3-10,16H,2,11-14H2,1H3,(H,25,31)(H,26,30). The molecule has 0 saturated carbocycles. The second-order valence-corrected chi connectivity index (χ2v) is 8.63. The smallest absolute Gasteiger partial charge is 0.321 e. The van der Waals surface area contributed by atoms with Crippen molar-refractivity contribution in [2.75, 3.05) is 23.7 Å². The van der Waals surface area contributed by atoms with Gasteiger partial charge in [-0.05, 0) is 49.1 Å². The van der Waals surface area contributed by atoms with Crippen molar-refractivity contribution in [1.29, 1.82) is 0 Å². The Labute approximate surface area is 189 Å². The van der Waals surface area contributed by atoms with E-state index in [1.165, 1.54) is 29.0 Å². The predicted octanol–water partition coefficient (Wildman–Crippen LogP) is 4.90. The average Bonchev–Trinajstić information content (AvgIpc) is 3.32. The number of aryl methyl sites for hydroxylation is 1. The number of likely N-dealkylation sites (tertiary alicyclic amines) is 1. The summed E-state index contributed by atoms with van der Waals surface area (Å²) in [5, 5.41) is 14.6. The third kappa shape index (κ3) is 5.11. The highest BCUT2D eigenvalue weighted by Gasteiger charge is 2.27. The molecule has 2 aromatic carbocycles. The number of piperidine rings is 1. The molecule has 7 nitrogen and oxygen atoms in total. The molecular weight excluding hydrogens is 429 g/mol. The molecule has 3 aromatic rings. The van der Waals surface area contributed by atoms with Crippen molar-refractivity contribution < 1.29 is 14.0 Å². The van der Waals surface area contributed by atoms with Crippen molar-refractivity contribution in [2.24, 2.45) is 0 Å². The van der Waals surface area contributed by atoms with E-state index in [4.69, 9.17) is 0 Å². The van der Waals surface area contributed by atoms with Crippen LogP contribution in [0.3, 0.4) is 0 Å². The minimum atomic E-state index is -0.502. The average molecular weight is 454 g/mol. The molecule has 3 amide bonds. The Bertz CT molecular complexity index is 1090. The monoisotopic (exact) mass is 453 g/mol. The van der Waals surface area contributed by atoms with Gasteiger partial charge in [0.2, 0.25) is 5.01 Å². The number of hydrogen-bond acceptors (Lipinski definition) is 5. The molecule has 1 aliphatic rings. The van der Waals surface area contributed by atoms with E-state index in [0.29, 0.717) is 13.1 Å². The van der Waals surface area contributed by atoms with Crippen molar-refractivity contribution >= 4 is 34.6 Å². The van der Waals surface area contributed by atoms with Gasteiger partial charge < -0.3 is 15.5 Å². The number of nitrogens with zero attached hydrogens (tertiary/aromatic N) is 3. The molecule has 9 heteroatoms. The Morgan fingerprint density at radius 3 is 2.47 bits per heavy atom. The van der Waals surface area contributed by atoms with Gasteiger partial charge in [-0.15, -0.1) is 10.2 Å². The fourth-order valence-corrected chi connectivity index (χ4v) is 4.49. The molecule has 0 bridgehead atoms. The van der Waals surface area contributed by atoms with Crippen LogP contribution in [0, 0.1) is 5.82 Å².